The van der Waals surface area contributed by atoms with Crippen LogP contribution in [0.25, 0.3) is 0 Å². The molecular formula is C25H39NO6. The average Bonchev–Trinajstić information content (AvgIpc) is 3.21. The van der Waals surface area contributed by atoms with Crippen molar-refractivity contribution in [2.24, 2.45) is 40.4 Å². The molecule has 2 N–H and O–H groups in total. The van der Waals surface area contributed by atoms with Crippen molar-refractivity contribution in [3.8, 4) is 0 Å². The maximum Gasteiger partial charge on any atom is 0.302 e. The van der Waals surface area contributed by atoms with E-state index in [1.54, 1.807) is 7.11 Å². The number of esters is 1. The predicted octanol–water partition coefficient (Wildman–Crippen LogP) is 1.45. The predicted molar refractivity (Wildman–Crippen MR) is 116 cm³/mol. The summed E-state index contributed by atoms with van der Waals surface area (Å²) in [5, 5.41) is 23.3. The number of methoxy groups -OCH3 is 2. The van der Waals surface area contributed by atoms with Crippen LogP contribution in [-0.2, 0) is 19.0 Å². The molecule has 5 aliphatic carbocycles. The zero-order valence-corrected chi connectivity index (χ0v) is 19.8. The Morgan fingerprint density at radius 2 is 1.97 bits per heavy atom. The van der Waals surface area contributed by atoms with Crippen LogP contribution in [0.5, 0.6) is 0 Å². The van der Waals surface area contributed by atoms with E-state index in [4.69, 9.17) is 14.2 Å². The molecule has 12 atom stereocenters. The quantitative estimate of drug-likeness (QED) is 0.614. The molecule has 0 unspecified atom stereocenters. The molecule has 0 amide bonds. The lowest BCUT2D eigenvalue weighted by molar-refractivity contribution is -0.276. The van der Waals surface area contributed by atoms with E-state index in [0.29, 0.717) is 12.3 Å². The van der Waals surface area contributed by atoms with Crippen LogP contribution in [0, 0.1) is 40.4 Å². The maximum absolute atomic E-state index is 12.6. The minimum absolute atomic E-state index is 0.0765. The Bertz CT molecular complexity index is 807. The van der Waals surface area contributed by atoms with Crippen LogP contribution in [0.4, 0.5) is 0 Å². The Kier molecular flexibility index (Phi) is 4.70. The van der Waals surface area contributed by atoms with Gasteiger partial charge in [-0.2, -0.15) is 0 Å². The average molecular weight is 450 g/mol. The molecule has 1 heterocycles. The van der Waals surface area contributed by atoms with Crippen LogP contribution >= 0.6 is 0 Å². The highest BCUT2D eigenvalue weighted by molar-refractivity contribution is 5.66. The topological polar surface area (TPSA) is 88.5 Å². The van der Waals surface area contributed by atoms with Crippen molar-refractivity contribution in [1.29, 1.82) is 0 Å². The molecule has 7 nitrogen and oxygen atoms in total. The summed E-state index contributed by atoms with van der Waals surface area (Å²) >= 11 is 0. The summed E-state index contributed by atoms with van der Waals surface area (Å²) in [6.07, 6.45) is 4.02. The third-order valence-electron chi connectivity index (χ3n) is 11.3. The zero-order valence-electron chi connectivity index (χ0n) is 19.8. The number of hydrogen-bond acceptors (Lipinski definition) is 7. The zero-order chi connectivity index (χ0) is 22.6. The number of carbonyl (C=O) groups excluding carboxylic acids is 1. The number of aliphatic hydroxyl groups is 2. The van der Waals surface area contributed by atoms with Gasteiger partial charge in [-0.15, -0.1) is 0 Å². The molecule has 1 saturated heterocycles. The first-order valence-electron chi connectivity index (χ1n) is 12.6. The number of likely N-dealkylation sites (tertiary alicyclic amines) is 1. The van der Waals surface area contributed by atoms with Crippen molar-refractivity contribution < 1.29 is 29.2 Å². The number of fused-ring (bicyclic) bond motifs is 2. The van der Waals surface area contributed by atoms with Gasteiger partial charge in [-0.3, -0.25) is 9.69 Å². The summed E-state index contributed by atoms with van der Waals surface area (Å²) in [7, 11) is 3.57. The minimum Gasteiger partial charge on any atom is -0.462 e. The summed E-state index contributed by atoms with van der Waals surface area (Å²) in [5.41, 5.74) is -1.19. The van der Waals surface area contributed by atoms with E-state index in [-0.39, 0.29) is 71.4 Å². The Balaban J connectivity index is 1.58. The van der Waals surface area contributed by atoms with E-state index in [9.17, 15) is 15.0 Å². The van der Waals surface area contributed by atoms with Crippen molar-refractivity contribution in [3.63, 3.8) is 0 Å². The summed E-state index contributed by atoms with van der Waals surface area (Å²) in [5.74, 6) is 0.342. The lowest BCUT2D eigenvalue weighted by Gasteiger charge is -2.69. The van der Waals surface area contributed by atoms with Crippen LogP contribution < -0.4 is 0 Å². The van der Waals surface area contributed by atoms with Gasteiger partial charge in [-0.1, -0.05) is 6.92 Å². The number of aliphatic hydroxyl groups excluding tert-OH is 1. The van der Waals surface area contributed by atoms with E-state index in [2.05, 4.69) is 11.8 Å². The molecule has 6 fully saturated rings. The van der Waals surface area contributed by atoms with E-state index in [1.165, 1.54) is 6.92 Å². The summed E-state index contributed by atoms with van der Waals surface area (Å²) in [4.78, 5) is 14.7. The molecule has 0 radical (unpaired) electrons. The molecule has 1 aliphatic heterocycles. The summed E-state index contributed by atoms with van der Waals surface area (Å²) < 4.78 is 18.2. The Labute approximate surface area is 190 Å². The Morgan fingerprint density at radius 3 is 2.59 bits per heavy atom. The van der Waals surface area contributed by atoms with Crippen molar-refractivity contribution >= 4 is 5.97 Å². The molecule has 32 heavy (non-hydrogen) atoms. The van der Waals surface area contributed by atoms with Gasteiger partial charge in [0, 0.05) is 68.7 Å². The molecular weight excluding hydrogens is 410 g/mol. The molecule has 1 spiro atoms. The normalized spacial score (nSPS) is 57.5. The first kappa shape index (κ1) is 21.8. The lowest BCUT2D eigenvalue weighted by atomic mass is 9.43. The highest BCUT2D eigenvalue weighted by atomic mass is 16.5. The van der Waals surface area contributed by atoms with Gasteiger partial charge in [0.2, 0.25) is 0 Å². The Hall–Kier alpha value is -0.730. The van der Waals surface area contributed by atoms with Crippen LogP contribution in [0.15, 0.2) is 0 Å². The molecule has 7 bridgehead atoms. The van der Waals surface area contributed by atoms with Crippen LogP contribution in [0.2, 0.25) is 0 Å². The van der Waals surface area contributed by atoms with E-state index in [0.717, 1.165) is 38.8 Å². The molecule has 6 rings (SSSR count). The fourth-order valence-electron chi connectivity index (χ4n) is 10.7. The molecule has 0 aromatic carbocycles. The lowest BCUT2D eigenvalue weighted by Crippen LogP contribution is -2.76. The molecule has 0 aromatic heterocycles. The standard InChI is InChI=1S/C25H39NO6/c1-5-26-11-23(12-27)7-6-19(31-4)25-15-8-14-17(30-3)10-24(29,16(22(25)26)9-18(23)25)20(15)21(14)32-13(2)28/h14-22,27,29H,5-12H2,1-4H3/t14-,15-,16+,17+,18-,19+,20-,21+,22-,23+,24+,25-/m0/s1. The smallest absolute Gasteiger partial charge is 0.302 e. The molecule has 180 valence electrons. The SMILES string of the molecule is CCN1C[C@@]2(CO)CC[C@@H](OC)[C@@]34[C@@H]1[C@@H](C[C@@H]23)[C@]1(O)C[C@@H](OC)[C@@H]2C[C@H]4[C@H]1[C@@H]2OC(C)=O. The summed E-state index contributed by atoms with van der Waals surface area (Å²) in [6, 6.07) is 0.237. The van der Waals surface area contributed by atoms with Gasteiger partial charge in [0.1, 0.15) is 6.10 Å². The second kappa shape index (κ2) is 6.91. The van der Waals surface area contributed by atoms with Crippen LogP contribution in [-0.4, -0.2) is 85.0 Å². The molecule has 5 saturated carbocycles. The minimum atomic E-state index is -0.928. The highest BCUT2D eigenvalue weighted by Crippen LogP contribution is 2.79. The van der Waals surface area contributed by atoms with Crippen molar-refractivity contribution in [1.82, 2.24) is 4.90 Å². The Morgan fingerprint density at radius 1 is 1.19 bits per heavy atom. The van der Waals surface area contributed by atoms with Gasteiger partial charge in [0.05, 0.1) is 24.4 Å². The number of hydrogen-bond donors (Lipinski definition) is 2. The van der Waals surface area contributed by atoms with Crippen molar-refractivity contribution in [3.05, 3.63) is 0 Å². The number of ether oxygens (including phenoxy) is 3. The number of nitrogens with zero attached hydrogens (tertiary/aromatic N) is 1. The summed E-state index contributed by atoms with van der Waals surface area (Å²) in [6.45, 7) is 5.69. The first-order chi connectivity index (χ1) is 15.3. The second-order valence-corrected chi connectivity index (χ2v) is 11.8. The number of rotatable bonds is 5. The maximum atomic E-state index is 12.6. The third-order valence-corrected chi connectivity index (χ3v) is 11.3. The second-order valence-electron chi connectivity index (χ2n) is 11.8. The van der Waals surface area contributed by atoms with Crippen LogP contribution in [0.1, 0.15) is 46.0 Å². The number of piperidine rings is 1. The molecule has 7 heteroatoms. The monoisotopic (exact) mass is 449 g/mol. The van der Waals surface area contributed by atoms with Crippen molar-refractivity contribution in [2.75, 3.05) is 33.9 Å². The fraction of sp³-hybridized carbons (Fsp3) is 0.960. The fourth-order valence-corrected chi connectivity index (χ4v) is 10.7. The number of carbonyl (C=O) groups is 1. The molecule has 6 aliphatic rings. The van der Waals surface area contributed by atoms with E-state index < -0.39 is 5.60 Å². The van der Waals surface area contributed by atoms with E-state index in [1.807, 2.05) is 7.11 Å². The van der Waals surface area contributed by atoms with Gasteiger partial charge in [0.15, 0.2) is 0 Å². The van der Waals surface area contributed by atoms with Gasteiger partial charge >= 0.3 is 5.97 Å². The van der Waals surface area contributed by atoms with Gasteiger partial charge in [-0.25, -0.2) is 0 Å². The van der Waals surface area contributed by atoms with Crippen LogP contribution in [0.3, 0.4) is 0 Å². The van der Waals surface area contributed by atoms with Gasteiger partial charge in [-0.05, 0) is 44.1 Å². The van der Waals surface area contributed by atoms with Crippen molar-refractivity contribution in [2.45, 2.75) is 75.9 Å². The highest BCUT2D eigenvalue weighted by Gasteiger charge is 2.84. The van der Waals surface area contributed by atoms with E-state index >= 15 is 0 Å². The third kappa shape index (κ3) is 2.24. The first-order valence-corrected chi connectivity index (χ1v) is 12.6. The van der Waals surface area contributed by atoms with Gasteiger partial charge < -0.3 is 24.4 Å². The largest absolute Gasteiger partial charge is 0.462 e. The van der Waals surface area contributed by atoms with Gasteiger partial charge in [0.25, 0.3) is 0 Å². The molecule has 0 aromatic rings.